The highest BCUT2D eigenvalue weighted by Crippen LogP contribution is 2.20. The van der Waals surface area contributed by atoms with E-state index < -0.39 is 17.8 Å². The van der Waals surface area contributed by atoms with E-state index in [4.69, 9.17) is 14.2 Å². The lowest BCUT2D eigenvalue weighted by molar-refractivity contribution is 0.0327. The predicted octanol–water partition coefficient (Wildman–Crippen LogP) is 1.74. The van der Waals surface area contributed by atoms with Crippen LogP contribution < -0.4 is 15.4 Å². The van der Waals surface area contributed by atoms with Gasteiger partial charge in [0.2, 0.25) is 5.78 Å². The van der Waals surface area contributed by atoms with E-state index >= 15 is 0 Å². The van der Waals surface area contributed by atoms with Gasteiger partial charge in [0.25, 0.3) is 0 Å². The molecule has 0 saturated carbocycles. The second-order valence-corrected chi connectivity index (χ2v) is 5.24. The Kier molecular flexibility index (Phi) is 7.03. The topological polar surface area (TPSA) is 103 Å². The molecule has 0 spiro atoms. The van der Waals surface area contributed by atoms with Crippen LogP contribution in [0.5, 0.6) is 5.75 Å². The maximum absolute atomic E-state index is 12.4. The van der Waals surface area contributed by atoms with Crippen LogP contribution in [0.2, 0.25) is 0 Å². The molecule has 0 aliphatic heterocycles. The molecule has 0 heterocycles. The molecule has 24 heavy (non-hydrogen) atoms. The van der Waals surface area contributed by atoms with Gasteiger partial charge < -0.3 is 24.8 Å². The molecule has 132 valence electrons. The van der Waals surface area contributed by atoms with Crippen molar-refractivity contribution in [1.82, 2.24) is 10.6 Å². The molecule has 0 aliphatic rings. The van der Waals surface area contributed by atoms with Crippen molar-refractivity contribution in [2.75, 3.05) is 27.3 Å². The summed E-state index contributed by atoms with van der Waals surface area (Å²) in [6.45, 7) is 3.33. The first kappa shape index (κ1) is 19.3. The fourth-order valence-corrected chi connectivity index (χ4v) is 1.75. The highest BCUT2D eigenvalue weighted by atomic mass is 16.6. The fraction of sp³-hybridized carbons (Fsp3) is 0.438. The quantitative estimate of drug-likeness (QED) is 0.580. The molecule has 8 nitrogen and oxygen atoms in total. The average Bonchev–Trinajstić information content (AvgIpc) is 2.57. The normalized spacial score (nSPS) is 10.5. The van der Waals surface area contributed by atoms with E-state index in [9.17, 15) is 14.4 Å². The van der Waals surface area contributed by atoms with Crippen LogP contribution >= 0.6 is 0 Å². The van der Waals surface area contributed by atoms with Crippen molar-refractivity contribution in [2.45, 2.75) is 19.4 Å². The summed E-state index contributed by atoms with van der Waals surface area (Å²) in [4.78, 5) is 34.5. The minimum Gasteiger partial charge on any atom is -0.490 e. The van der Waals surface area contributed by atoms with Gasteiger partial charge in [-0.1, -0.05) is 0 Å². The summed E-state index contributed by atoms with van der Waals surface area (Å²) >= 11 is 0. The lowest BCUT2D eigenvalue weighted by atomic mass is 9.96. The van der Waals surface area contributed by atoms with Crippen LogP contribution in [0.25, 0.3) is 0 Å². The summed E-state index contributed by atoms with van der Waals surface area (Å²) in [5.74, 6) is 0.192. The summed E-state index contributed by atoms with van der Waals surface area (Å²) in [6.07, 6.45) is -1.21. The van der Waals surface area contributed by atoms with Gasteiger partial charge in [-0.2, -0.15) is 0 Å². The van der Waals surface area contributed by atoms with Crippen LogP contribution in [0.1, 0.15) is 24.2 Å². The van der Waals surface area contributed by atoms with Gasteiger partial charge in [0.05, 0.1) is 0 Å². The van der Waals surface area contributed by atoms with Crippen molar-refractivity contribution in [3.05, 3.63) is 29.8 Å². The number of ether oxygens (including phenoxy) is 3. The van der Waals surface area contributed by atoms with E-state index in [1.807, 2.05) is 0 Å². The summed E-state index contributed by atoms with van der Waals surface area (Å²) in [5, 5.41) is 4.62. The van der Waals surface area contributed by atoms with Crippen molar-refractivity contribution in [3.8, 4) is 5.75 Å². The molecular formula is C16H22N2O6. The third kappa shape index (κ3) is 5.79. The average molecular weight is 338 g/mol. The predicted molar refractivity (Wildman–Crippen MR) is 86.3 cm³/mol. The fourth-order valence-electron chi connectivity index (χ4n) is 1.75. The molecule has 0 saturated heterocycles. The van der Waals surface area contributed by atoms with Crippen molar-refractivity contribution in [1.29, 1.82) is 0 Å². The molecule has 0 radical (unpaired) electrons. The zero-order chi connectivity index (χ0) is 18.2. The number of nitrogens with one attached hydrogen (secondary N) is 2. The molecule has 0 fully saturated rings. The molecule has 1 rings (SSSR count). The molecular weight excluding hydrogens is 316 g/mol. The number of hydrogen-bond donors (Lipinski definition) is 2. The molecule has 2 N–H and O–H groups in total. The van der Waals surface area contributed by atoms with E-state index in [1.165, 1.54) is 27.9 Å². The van der Waals surface area contributed by atoms with Gasteiger partial charge >= 0.3 is 12.2 Å². The van der Waals surface area contributed by atoms with Crippen molar-refractivity contribution >= 4 is 18.0 Å². The van der Waals surface area contributed by atoms with Crippen molar-refractivity contribution in [3.63, 3.8) is 0 Å². The van der Waals surface area contributed by atoms with Crippen LogP contribution in [0.3, 0.4) is 0 Å². The Hall–Kier alpha value is -2.77. The van der Waals surface area contributed by atoms with E-state index in [0.29, 0.717) is 11.3 Å². The number of Topliss-reactive ketones (excluding diaryl/α,β-unsaturated/α-hetero) is 1. The van der Waals surface area contributed by atoms with E-state index in [-0.39, 0.29) is 19.0 Å². The second kappa shape index (κ2) is 8.76. The van der Waals surface area contributed by atoms with E-state index in [2.05, 4.69) is 10.6 Å². The monoisotopic (exact) mass is 338 g/mol. The van der Waals surface area contributed by atoms with Gasteiger partial charge in [-0.05, 0) is 38.1 Å². The van der Waals surface area contributed by atoms with Crippen LogP contribution in [0.4, 0.5) is 9.59 Å². The first-order chi connectivity index (χ1) is 11.3. The zero-order valence-corrected chi connectivity index (χ0v) is 14.2. The summed E-state index contributed by atoms with van der Waals surface area (Å²) < 4.78 is 15.2. The van der Waals surface area contributed by atoms with Crippen LogP contribution in [0, 0.1) is 0 Å². The van der Waals surface area contributed by atoms with Gasteiger partial charge in [-0.3, -0.25) is 4.79 Å². The van der Waals surface area contributed by atoms with Gasteiger partial charge in [0.15, 0.2) is 5.60 Å². The Bertz CT molecular complexity index is 583. The number of carbonyl (C=O) groups is 3. The molecule has 0 aromatic heterocycles. The summed E-state index contributed by atoms with van der Waals surface area (Å²) in [6, 6.07) is 6.38. The highest BCUT2D eigenvalue weighted by molar-refractivity contribution is 6.02. The summed E-state index contributed by atoms with van der Waals surface area (Å²) in [7, 11) is 2.89. The smallest absolute Gasteiger partial charge is 0.407 e. The Labute approximate surface area is 140 Å². The number of rotatable bonds is 7. The van der Waals surface area contributed by atoms with Crippen molar-refractivity contribution in [2.24, 2.45) is 0 Å². The third-order valence-electron chi connectivity index (χ3n) is 3.00. The number of ketones is 1. The first-order valence-corrected chi connectivity index (χ1v) is 7.33. The second-order valence-electron chi connectivity index (χ2n) is 5.24. The van der Waals surface area contributed by atoms with Gasteiger partial charge in [0, 0.05) is 19.7 Å². The standard InChI is InChI=1S/C16H22N2O6/c1-16(2,24-15(21)18-4)13(19)11-5-7-12(8-6-11)22-9-10-23-14(20)17-3/h5-8H,9-10H2,1-4H3,(H,17,20)(H,18,21). The lowest BCUT2D eigenvalue weighted by Gasteiger charge is -2.23. The Balaban J connectivity index is 2.58. The lowest BCUT2D eigenvalue weighted by Crippen LogP contribution is -2.40. The maximum Gasteiger partial charge on any atom is 0.407 e. The minimum atomic E-state index is -1.29. The Morgan fingerprint density at radius 2 is 1.54 bits per heavy atom. The van der Waals surface area contributed by atoms with Gasteiger partial charge in [-0.25, -0.2) is 9.59 Å². The molecule has 0 atom stereocenters. The van der Waals surface area contributed by atoms with Crippen LogP contribution in [0.15, 0.2) is 24.3 Å². The van der Waals surface area contributed by atoms with Crippen molar-refractivity contribution < 1.29 is 28.6 Å². The molecule has 0 aliphatic carbocycles. The number of amides is 2. The largest absolute Gasteiger partial charge is 0.490 e. The first-order valence-electron chi connectivity index (χ1n) is 7.33. The SMILES string of the molecule is CNC(=O)OCCOc1ccc(C(=O)C(C)(C)OC(=O)NC)cc1. The zero-order valence-electron chi connectivity index (χ0n) is 14.2. The number of alkyl carbamates (subject to hydrolysis) is 2. The Morgan fingerprint density at radius 3 is 2.08 bits per heavy atom. The van der Waals surface area contributed by atoms with Gasteiger partial charge in [0.1, 0.15) is 19.0 Å². The number of carbonyl (C=O) groups excluding carboxylic acids is 3. The summed E-state index contributed by atoms with van der Waals surface area (Å²) in [5.41, 5.74) is -0.901. The van der Waals surface area contributed by atoms with E-state index in [0.717, 1.165) is 0 Å². The third-order valence-corrected chi connectivity index (χ3v) is 3.00. The van der Waals surface area contributed by atoms with Crippen LogP contribution in [-0.4, -0.2) is 50.9 Å². The Morgan fingerprint density at radius 1 is 0.958 bits per heavy atom. The van der Waals surface area contributed by atoms with Crippen LogP contribution in [-0.2, 0) is 9.47 Å². The van der Waals surface area contributed by atoms with Gasteiger partial charge in [-0.15, -0.1) is 0 Å². The molecule has 0 unspecified atom stereocenters. The molecule has 8 heteroatoms. The molecule has 2 amide bonds. The molecule has 1 aromatic carbocycles. The maximum atomic E-state index is 12.4. The van der Waals surface area contributed by atoms with E-state index in [1.54, 1.807) is 24.3 Å². The number of hydrogen-bond acceptors (Lipinski definition) is 6. The minimum absolute atomic E-state index is 0.105. The molecule has 0 bridgehead atoms. The number of benzene rings is 1. The molecule has 1 aromatic rings. The highest BCUT2D eigenvalue weighted by Gasteiger charge is 2.32.